The minimum atomic E-state index is 0.330. The Morgan fingerprint density at radius 3 is 2.42 bits per heavy atom. The largest absolute Gasteiger partial charge is 0.333 e. The third-order valence-corrected chi connectivity index (χ3v) is 6.06. The number of benzene rings is 2. The number of likely N-dealkylation sites (tertiary alicyclic amines) is 1. The fraction of sp³-hybridized carbons (Fsp3) is 0.435. The third kappa shape index (κ3) is 4.16. The summed E-state index contributed by atoms with van der Waals surface area (Å²) in [5.74, 6) is 1.11. The molecule has 1 N–H and O–H groups in total. The minimum absolute atomic E-state index is 0.330. The van der Waals surface area contributed by atoms with Crippen molar-refractivity contribution in [2.45, 2.75) is 32.2 Å². The van der Waals surface area contributed by atoms with E-state index in [4.69, 9.17) is 0 Å². The zero-order valence-corrected chi connectivity index (χ0v) is 15.5. The van der Waals surface area contributed by atoms with E-state index in [1.807, 2.05) is 0 Å². The number of piperidine rings is 1. The predicted octanol–water partition coefficient (Wildman–Crippen LogP) is 2.11. The van der Waals surface area contributed by atoms with Gasteiger partial charge in [0, 0.05) is 13.1 Å². The van der Waals surface area contributed by atoms with Gasteiger partial charge >= 0.3 is 0 Å². The molecule has 3 heteroatoms. The minimum Gasteiger partial charge on any atom is -0.333 e. The highest BCUT2D eigenvalue weighted by Gasteiger charge is 2.27. The van der Waals surface area contributed by atoms with Crippen LogP contribution in [0.3, 0.4) is 0 Å². The number of carbonyl (C=O) groups is 1. The first kappa shape index (κ1) is 17.3. The molecule has 0 aromatic heterocycles. The van der Waals surface area contributed by atoms with E-state index in [1.165, 1.54) is 40.9 Å². The fourth-order valence-corrected chi connectivity index (χ4v) is 4.45. The van der Waals surface area contributed by atoms with Gasteiger partial charge in [-0.3, -0.25) is 4.79 Å². The van der Waals surface area contributed by atoms with E-state index in [0.717, 1.165) is 38.5 Å². The Balaban J connectivity index is 1.25. The number of hydrogen-bond acceptors (Lipinski definition) is 1. The first-order chi connectivity index (χ1) is 12.8. The Hall–Kier alpha value is -2.13. The van der Waals surface area contributed by atoms with Gasteiger partial charge in [0.2, 0.25) is 0 Å². The van der Waals surface area contributed by atoms with Crippen molar-refractivity contribution in [3.8, 4) is 0 Å². The Kier molecular flexibility index (Phi) is 5.35. The maximum Gasteiger partial charge on any atom is 0.278 e. The zero-order valence-electron chi connectivity index (χ0n) is 15.5. The molecule has 1 saturated heterocycles. The zero-order chi connectivity index (χ0) is 17.8. The number of amides is 1. The number of quaternary nitrogens is 1. The van der Waals surface area contributed by atoms with Gasteiger partial charge in [-0.05, 0) is 48.3 Å². The molecule has 2 aliphatic heterocycles. The number of fused-ring (bicyclic) bond motifs is 1. The molecule has 2 aliphatic rings. The molecule has 0 atom stereocenters. The van der Waals surface area contributed by atoms with Crippen LogP contribution in [0.2, 0.25) is 0 Å². The molecule has 3 nitrogen and oxygen atoms in total. The SMILES string of the molecule is O=C(C[NH+]1CCC(Cc2ccccc2)CC1)N1CCc2ccccc2C1. The molecule has 2 heterocycles. The first-order valence-electron chi connectivity index (χ1n) is 10.00. The summed E-state index contributed by atoms with van der Waals surface area (Å²) in [4.78, 5) is 16.3. The second-order valence-corrected chi connectivity index (χ2v) is 7.89. The second kappa shape index (κ2) is 8.05. The summed E-state index contributed by atoms with van der Waals surface area (Å²) < 4.78 is 0. The van der Waals surface area contributed by atoms with Gasteiger partial charge < -0.3 is 9.80 Å². The predicted molar refractivity (Wildman–Crippen MR) is 104 cm³/mol. The van der Waals surface area contributed by atoms with E-state index < -0.39 is 0 Å². The van der Waals surface area contributed by atoms with Crippen LogP contribution in [-0.2, 0) is 24.2 Å². The molecule has 1 fully saturated rings. The fourth-order valence-electron chi connectivity index (χ4n) is 4.45. The summed E-state index contributed by atoms with van der Waals surface area (Å²) in [5.41, 5.74) is 4.18. The van der Waals surface area contributed by atoms with E-state index in [-0.39, 0.29) is 0 Å². The normalized spacial score (nSPS) is 22.7. The molecule has 26 heavy (non-hydrogen) atoms. The van der Waals surface area contributed by atoms with Crippen molar-refractivity contribution in [2.24, 2.45) is 5.92 Å². The van der Waals surface area contributed by atoms with Crippen LogP contribution < -0.4 is 4.90 Å². The van der Waals surface area contributed by atoms with Gasteiger partial charge in [-0.2, -0.15) is 0 Å². The van der Waals surface area contributed by atoms with E-state index in [9.17, 15) is 4.79 Å². The van der Waals surface area contributed by atoms with Crippen molar-refractivity contribution in [1.82, 2.24) is 4.90 Å². The highest BCUT2D eigenvalue weighted by atomic mass is 16.2. The quantitative estimate of drug-likeness (QED) is 0.898. The number of hydrogen-bond donors (Lipinski definition) is 1. The highest BCUT2D eigenvalue weighted by molar-refractivity contribution is 5.77. The van der Waals surface area contributed by atoms with Crippen molar-refractivity contribution in [3.05, 3.63) is 71.3 Å². The van der Waals surface area contributed by atoms with Crippen LogP contribution in [0.15, 0.2) is 54.6 Å². The molecule has 0 bridgehead atoms. The van der Waals surface area contributed by atoms with Crippen LogP contribution in [0, 0.1) is 5.92 Å². The Bertz CT molecular complexity index is 735. The molecule has 2 aromatic rings. The molecule has 1 amide bonds. The lowest BCUT2D eigenvalue weighted by atomic mass is 9.90. The van der Waals surface area contributed by atoms with Gasteiger partial charge in [0.15, 0.2) is 6.54 Å². The summed E-state index contributed by atoms with van der Waals surface area (Å²) >= 11 is 0. The summed E-state index contributed by atoms with van der Waals surface area (Å²) in [5, 5.41) is 0. The molecule has 2 aromatic carbocycles. The summed E-state index contributed by atoms with van der Waals surface area (Å²) in [7, 11) is 0. The number of nitrogens with zero attached hydrogens (tertiary/aromatic N) is 1. The second-order valence-electron chi connectivity index (χ2n) is 7.89. The van der Waals surface area contributed by atoms with Crippen molar-refractivity contribution in [1.29, 1.82) is 0 Å². The standard InChI is InChI=1S/C23H28N2O/c26-23(25-15-12-21-8-4-5-9-22(21)17-25)18-24-13-10-20(11-14-24)16-19-6-2-1-3-7-19/h1-9,20H,10-18H2/p+1. The molecule has 136 valence electrons. The van der Waals surface area contributed by atoms with Crippen molar-refractivity contribution in [3.63, 3.8) is 0 Å². The summed E-state index contributed by atoms with van der Waals surface area (Å²) in [6, 6.07) is 19.3. The Morgan fingerprint density at radius 1 is 0.962 bits per heavy atom. The molecule has 0 radical (unpaired) electrons. The molecule has 0 aliphatic carbocycles. The lowest BCUT2D eigenvalue weighted by Gasteiger charge is -2.32. The van der Waals surface area contributed by atoms with Gasteiger partial charge in [-0.25, -0.2) is 0 Å². The lowest BCUT2D eigenvalue weighted by Crippen LogP contribution is -3.14. The van der Waals surface area contributed by atoms with Crippen LogP contribution >= 0.6 is 0 Å². The van der Waals surface area contributed by atoms with Crippen molar-refractivity contribution in [2.75, 3.05) is 26.2 Å². The molecular weight excluding hydrogens is 320 g/mol. The number of carbonyl (C=O) groups excluding carboxylic acids is 1. The third-order valence-electron chi connectivity index (χ3n) is 6.06. The average molecular weight is 349 g/mol. The van der Waals surface area contributed by atoms with Gasteiger partial charge in [0.25, 0.3) is 5.91 Å². The van der Waals surface area contributed by atoms with Crippen LogP contribution in [-0.4, -0.2) is 37.0 Å². The number of rotatable bonds is 4. The van der Waals surface area contributed by atoms with E-state index in [0.29, 0.717) is 12.5 Å². The first-order valence-corrected chi connectivity index (χ1v) is 10.00. The van der Waals surface area contributed by atoms with Crippen LogP contribution in [0.1, 0.15) is 29.5 Å². The van der Waals surface area contributed by atoms with Gasteiger partial charge in [-0.15, -0.1) is 0 Å². The number of nitrogens with one attached hydrogen (secondary N) is 1. The maximum atomic E-state index is 12.8. The highest BCUT2D eigenvalue weighted by Crippen LogP contribution is 2.19. The smallest absolute Gasteiger partial charge is 0.278 e. The van der Waals surface area contributed by atoms with Gasteiger partial charge in [-0.1, -0.05) is 54.6 Å². The van der Waals surface area contributed by atoms with Crippen LogP contribution in [0.5, 0.6) is 0 Å². The van der Waals surface area contributed by atoms with Gasteiger partial charge in [0.05, 0.1) is 13.1 Å². The summed E-state index contributed by atoms with van der Waals surface area (Å²) in [6.45, 7) is 4.60. The molecular formula is C23H29N2O+. The van der Waals surface area contributed by atoms with E-state index in [1.54, 1.807) is 0 Å². The molecule has 0 unspecified atom stereocenters. The molecule has 0 spiro atoms. The monoisotopic (exact) mass is 349 g/mol. The lowest BCUT2D eigenvalue weighted by molar-refractivity contribution is -0.898. The Labute approximate surface area is 156 Å². The Morgan fingerprint density at radius 2 is 1.65 bits per heavy atom. The maximum absolute atomic E-state index is 12.8. The van der Waals surface area contributed by atoms with Crippen LogP contribution in [0.25, 0.3) is 0 Å². The van der Waals surface area contributed by atoms with Gasteiger partial charge in [0.1, 0.15) is 0 Å². The van der Waals surface area contributed by atoms with E-state index >= 15 is 0 Å². The topological polar surface area (TPSA) is 24.8 Å². The molecule has 4 rings (SSSR count). The summed E-state index contributed by atoms with van der Waals surface area (Å²) in [6.07, 6.45) is 4.65. The van der Waals surface area contributed by atoms with Crippen molar-refractivity contribution >= 4 is 5.91 Å². The molecule has 0 saturated carbocycles. The van der Waals surface area contributed by atoms with Crippen LogP contribution in [0.4, 0.5) is 0 Å². The average Bonchev–Trinajstić information content (AvgIpc) is 2.70. The van der Waals surface area contributed by atoms with E-state index in [2.05, 4.69) is 59.5 Å². The van der Waals surface area contributed by atoms with Crippen molar-refractivity contribution < 1.29 is 9.69 Å².